The molecule has 8 heteroatoms. The Morgan fingerprint density at radius 1 is 1.08 bits per heavy atom. The Morgan fingerprint density at radius 2 is 1.68 bits per heavy atom. The standard InChI is InChI=1S/C17H20ClN3O3S/c1-11-2-5-14(18)10-15(11)25(22,23)21-8-6-13(7-9-21)17-20-19-16(24-17)12-3-4-12/h2,5,10,12-13H,3-4,6-9H2,1H3. The third-order valence-corrected chi connectivity index (χ3v) is 7.23. The number of nitrogens with zero attached hydrogens (tertiary/aromatic N) is 3. The lowest BCUT2D eigenvalue weighted by Crippen LogP contribution is -2.38. The van der Waals surface area contributed by atoms with Gasteiger partial charge in [-0.3, -0.25) is 0 Å². The van der Waals surface area contributed by atoms with Crippen LogP contribution in [0.2, 0.25) is 5.02 Å². The number of aromatic nitrogens is 2. The van der Waals surface area contributed by atoms with Crippen LogP contribution in [0.5, 0.6) is 0 Å². The predicted molar refractivity (Wildman–Crippen MR) is 93.2 cm³/mol. The Balaban J connectivity index is 1.47. The highest BCUT2D eigenvalue weighted by Gasteiger charge is 2.34. The molecule has 1 saturated carbocycles. The molecule has 4 rings (SSSR count). The molecule has 0 bridgehead atoms. The van der Waals surface area contributed by atoms with Crippen molar-refractivity contribution in [3.8, 4) is 0 Å². The molecule has 1 aliphatic heterocycles. The van der Waals surface area contributed by atoms with Gasteiger partial charge < -0.3 is 4.42 Å². The van der Waals surface area contributed by atoms with Crippen LogP contribution >= 0.6 is 11.6 Å². The van der Waals surface area contributed by atoms with Gasteiger partial charge in [-0.1, -0.05) is 17.7 Å². The van der Waals surface area contributed by atoms with Crippen molar-refractivity contribution in [2.45, 2.75) is 49.3 Å². The largest absolute Gasteiger partial charge is 0.425 e. The molecule has 0 unspecified atom stereocenters. The number of hydrogen-bond donors (Lipinski definition) is 0. The van der Waals surface area contributed by atoms with Gasteiger partial charge in [0, 0.05) is 29.9 Å². The molecule has 25 heavy (non-hydrogen) atoms. The number of sulfonamides is 1. The maximum atomic E-state index is 12.9. The predicted octanol–water partition coefficient (Wildman–Crippen LogP) is 3.48. The summed E-state index contributed by atoms with van der Waals surface area (Å²) in [6.07, 6.45) is 3.62. The second-order valence-corrected chi connectivity index (χ2v) is 9.18. The van der Waals surface area contributed by atoms with Gasteiger partial charge in [-0.2, -0.15) is 4.31 Å². The molecule has 2 aliphatic rings. The third-order valence-electron chi connectivity index (χ3n) is 4.95. The summed E-state index contributed by atoms with van der Waals surface area (Å²) < 4.78 is 33.1. The van der Waals surface area contributed by atoms with Crippen molar-refractivity contribution in [2.75, 3.05) is 13.1 Å². The molecule has 1 aromatic carbocycles. The lowest BCUT2D eigenvalue weighted by molar-refractivity contribution is 0.286. The molecule has 6 nitrogen and oxygen atoms in total. The second-order valence-electron chi connectivity index (χ2n) is 6.84. The number of halogens is 1. The van der Waals surface area contributed by atoms with Crippen LogP contribution in [0.1, 0.15) is 54.9 Å². The fourth-order valence-corrected chi connectivity index (χ4v) is 5.20. The van der Waals surface area contributed by atoms with E-state index in [4.69, 9.17) is 16.0 Å². The molecule has 134 valence electrons. The van der Waals surface area contributed by atoms with Crippen LogP contribution in [0.4, 0.5) is 0 Å². The molecular weight excluding hydrogens is 362 g/mol. The first-order valence-electron chi connectivity index (χ1n) is 8.55. The van der Waals surface area contributed by atoms with Crippen LogP contribution in [-0.2, 0) is 10.0 Å². The molecule has 2 fully saturated rings. The van der Waals surface area contributed by atoms with Crippen LogP contribution in [0, 0.1) is 6.92 Å². The Labute approximate surface area is 152 Å². The van der Waals surface area contributed by atoms with Gasteiger partial charge in [-0.05, 0) is 50.3 Å². The van der Waals surface area contributed by atoms with Crippen LogP contribution in [-0.4, -0.2) is 36.0 Å². The van der Waals surface area contributed by atoms with Gasteiger partial charge in [0.25, 0.3) is 0 Å². The minimum atomic E-state index is -3.54. The van der Waals surface area contributed by atoms with Crippen molar-refractivity contribution in [1.82, 2.24) is 14.5 Å². The van der Waals surface area contributed by atoms with E-state index in [1.54, 1.807) is 19.1 Å². The molecule has 2 aromatic rings. The van der Waals surface area contributed by atoms with Crippen LogP contribution < -0.4 is 0 Å². The summed E-state index contributed by atoms with van der Waals surface area (Å²) in [6.45, 7) is 2.67. The molecule has 1 aliphatic carbocycles. The van der Waals surface area contributed by atoms with Crippen molar-refractivity contribution in [2.24, 2.45) is 0 Å². The van der Waals surface area contributed by atoms with Crippen molar-refractivity contribution in [3.63, 3.8) is 0 Å². The number of rotatable bonds is 4. The number of hydrogen-bond acceptors (Lipinski definition) is 5. The second kappa shape index (κ2) is 6.37. The lowest BCUT2D eigenvalue weighted by Gasteiger charge is -2.30. The molecule has 1 aromatic heterocycles. The Hall–Kier alpha value is -1.44. The zero-order chi connectivity index (χ0) is 17.6. The van der Waals surface area contributed by atoms with Gasteiger partial charge in [0.05, 0.1) is 4.90 Å². The van der Waals surface area contributed by atoms with E-state index in [0.29, 0.717) is 48.3 Å². The van der Waals surface area contributed by atoms with Gasteiger partial charge in [0.15, 0.2) is 0 Å². The highest BCUT2D eigenvalue weighted by molar-refractivity contribution is 7.89. The molecular formula is C17H20ClN3O3S. The van der Waals surface area contributed by atoms with Gasteiger partial charge >= 0.3 is 0 Å². The first-order chi connectivity index (χ1) is 11.9. The van der Waals surface area contributed by atoms with Crippen LogP contribution in [0.25, 0.3) is 0 Å². The Bertz CT molecular complexity index is 884. The zero-order valence-corrected chi connectivity index (χ0v) is 15.6. The summed E-state index contributed by atoms with van der Waals surface area (Å²) in [6, 6.07) is 4.97. The van der Waals surface area contributed by atoms with E-state index in [1.807, 2.05) is 0 Å². The first kappa shape index (κ1) is 17.0. The SMILES string of the molecule is Cc1ccc(Cl)cc1S(=O)(=O)N1CCC(c2nnc(C3CC3)o2)CC1. The summed E-state index contributed by atoms with van der Waals surface area (Å²) in [5.41, 5.74) is 0.706. The van der Waals surface area contributed by atoms with Crippen molar-refractivity contribution >= 4 is 21.6 Å². The average molecular weight is 382 g/mol. The average Bonchev–Trinajstić information content (AvgIpc) is 3.34. The molecule has 0 atom stereocenters. The van der Waals surface area contributed by atoms with E-state index in [9.17, 15) is 8.42 Å². The molecule has 0 N–H and O–H groups in total. The number of aryl methyl sites for hydroxylation is 1. The van der Waals surface area contributed by atoms with E-state index in [2.05, 4.69) is 10.2 Å². The van der Waals surface area contributed by atoms with Gasteiger partial charge in [0.2, 0.25) is 21.8 Å². The maximum Gasteiger partial charge on any atom is 0.243 e. The van der Waals surface area contributed by atoms with Gasteiger partial charge in [-0.15, -0.1) is 10.2 Å². The summed E-state index contributed by atoms with van der Waals surface area (Å²) in [5, 5.41) is 8.73. The Kier molecular flexibility index (Phi) is 4.33. The summed E-state index contributed by atoms with van der Waals surface area (Å²) in [7, 11) is -3.54. The van der Waals surface area contributed by atoms with E-state index < -0.39 is 10.0 Å². The highest BCUT2D eigenvalue weighted by Crippen LogP contribution is 2.40. The van der Waals surface area contributed by atoms with E-state index in [0.717, 1.165) is 18.7 Å². The summed E-state index contributed by atoms with van der Waals surface area (Å²) in [4.78, 5) is 0.284. The monoisotopic (exact) mass is 381 g/mol. The number of piperidine rings is 1. The molecule has 0 amide bonds. The van der Waals surface area contributed by atoms with Crippen LogP contribution in [0.15, 0.2) is 27.5 Å². The highest BCUT2D eigenvalue weighted by atomic mass is 35.5. The smallest absolute Gasteiger partial charge is 0.243 e. The van der Waals surface area contributed by atoms with Crippen molar-refractivity contribution in [3.05, 3.63) is 40.6 Å². The fourth-order valence-electron chi connectivity index (χ4n) is 3.24. The van der Waals surface area contributed by atoms with E-state index >= 15 is 0 Å². The Morgan fingerprint density at radius 3 is 2.28 bits per heavy atom. The third kappa shape index (κ3) is 3.32. The summed E-state index contributed by atoms with van der Waals surface area (Å²) in [5.74, 6) is 1.96. The minimum absolute atomic E-state index is 0.131. The molecule has 0 spiro atoms. The molecule has 2 heterocycles. The lowest BCUT2D eigenvalue weighted by atomic mass is 9.98. The van der Waals surface area contributed by atoms with Gasteiger partial charge in [0.1, 0.15) is 0 Å². The molecule has 1 saturated heterocycles. The van der Waals surface area contributed by atoms with Crippen LogP contribution in [0.3, 0.4) is 0 Å². The maximum absolute atomic E-state index is 12.9. The topological polar surface area (TPSA) is 76.3 Å². The fraction of sp³-hybridized carbons (Fsp3) is 0.529. The quantitative estimate of drug-likeness (QED) is 0.810. The number of benzene rings is 1. The normalized spacial score (nSPS) is 20.1. The van der Waals surface area contributed by atoms with Crippen molar-refractivity contribution in [1.29, 1.82) is 0 Å². The summed E-state index contributed by atoms with van der Waals surface area (Å²) >= 11 is 5.99. The van der Waals surface area contributed by atoms with E-state index in [-0.39, 0.29) is 10.8 Å². The van der Waals surface area contributed by atoms with Crippen molar-refractivity contribution < 1.29 is 12.8 Å². The van der Waals surface area contributed by atoms with Gasteiger partial charge in [-0.25, -0.2) is 8.42 Å². The minimum Gasteiger partial charge on any atom is -0.425 e. The van der Waals surface area contributed by atoms with E-state index in [1.165, 1.54) is 10.4 Å². The zero-order valence-electron chi connectivity index (χ0n) is 14.0. The molecule has 0 radical (unpaired) electrons. The first-order valence-corrected chi connectivity index (χ1v) is 10.4.